The first-order valence-corrected chi connectivity index (χ1v) is 8.97. The van der Waals surface area contributed by atoms with E-state index in [9.17, 15) is 4.79 Å². The van der Waals surface area contributed by atoms with Crippen molar-refractivity contribution in [3.63, 3.8) is 0 Å². The van der Waals surface area contributed by atoms with Crippen molar-refractivity contribution in [3.8, 4) is 11.5 Å². The zero-order valence-corrected chi connectivity index (χ0v) is 15.9. The van der Waals surface area contributed by atoms with E-state index >= 15 is 0 Å². The Balaban J connectivity index is 1.65. The summed E-state index contributed by atoms with van der Waals surface area (Å²) in [4.78, 5) is 18.7. The first-order chi connectivity index (χ1) is 12.3. The van der Waals surface area contributed by atoms with Gasteiger partial charge in [0.25, 0.3) is 5.89 Å². The van der Waals surface area contributed by atoms with Gasteiger partial charge in [-0.05, 0) is 24.7 Å². The van der Waals surface area contributed by atoms with Crippen molar-refractivity contribution in [1.29, 1.82) is 0 Å². The van der Waals surface area contributed by atoms with Crippen LogP contribution in [-0.2, 0) is 11.3 Å². The van der Waals surface area contributed by atoms with Crippen molar-refractivity contribution < 1.29 is 9.32 Å². The van der Waals surface area contributed by atoms with Crippen LogP contribution in [-0.4, -0.2) is 47.6 Å². The fraction of sp³-hybridized carbons (Fsp3) is 0.526. The maximum absolute atomic E-state index is 12.0. The summed E-state index contributed by atoms with van der Waals surface area (Å²) >= 11 is 0. The van der Waals surface area contributed by atoms with Crippen molar-refractivity contribution in [1.82, 2.24) is 25.7 Å². The summed E-state index contributed by atoms with van der Waals surface area (Å²) in [6.07, 6.45) is 0. The van der Waals surface area contributed by atoms with E-state index in [1.807, 2.05) is 45.0 Å². The number of hydrogen-bond donors (Lipinski definition) is 2. The third-order valence-electron chi connectivity index (χ3n) is 4.59. The Labute approximate surface area is 154 Å². The first kappa shape index (κ1) is 18.5. The SMILES string of the molecule is CN1CCNCC1c1noc(-c2ccc(CNC(=O)C(C)(C)C)cc2)n1. The van der Waals surface area contributed by atoms with Crippen molar-refractivity contribution in [2.45, 2.75) is 33.4 Å². The van der Waals surface area contributed by atoms with Crippen LogP contribution in [0.5, 0.6) is 0 Å². The lowest BCUT2D eigenvalue weighted by Crippen LogP contribution is -2.44. The van der Waals surface area contributed by atoms with Crippen molar-refractivity contribution in [2.24, 2.45) is 5.41 Å². The van der Waals surface area contributed by atoms with E-state index in [-0.39, 0.29) is 17.4 Å². The second kappa shape index (κ2) is 7.55. The van der Waals surface area contributed by atoms with Gasteiger partial charge < -0.3 is 15.2 Å². The maximum atomic E-state index is 12.0. The molecule has 1 amide bonds. The molecule has 1 aromatic heterocycles. The van der Waals surface area contributed by atoms with E-state index in [2.05, 4.69) is 32.7 Å². The van der Waals surface area contributed by atoms with Crippen molar-refractivity contribution in [3.05, 3.63) is 35.7 Å². The van der Waals surface area contributed by atoms with E-state index in [0.29, 0.717) is 18.3 Å². The van der Waals surface area contributed by atoms with Gasteiger partial charge in [0.15, 0.2) is 5.82 Å². The van der Waals surface area contributed by atoms with Crippen LogP contribution >= 0.6 is 0 Å². The predicted octanol–water partition coefficient (Wildman–Crippen LogP) is 1.97. The Morgan fingerprint density at radius 3 is 2.73 bits per heavy atom. The molecule has 140 valence electrons. The van der Waals surface area contributed by atoms with Gasteiger partial charge in [-0.25, -0.2) is 0 Å². The predicted molar refractivity (Wildman–Crippen MR) is 99.3 cm³/mol. The molecule has 3 rings (SSSR count). The lowest BCUT2D eigenvalue weighted by atomic mass is 9.95. The van der Waals surface area contributed by atoms with Gasteiger partial charge in [0, 0.05) is 37.2 Å². The highest BCUT2D eigenvalue weighted by molar-refractivity contribution is 5.81. The molecule has 7 heteroatoms. The molecule has 0 bridgehead atoms. The quantitative estimate of drug-likeness (QED) is 0.870. The highest BCUT2D eigenvalue weighted by Gasteiger charge is 2.25. The molecule has 2 heterocycles. The Bertz CT molecular complexity index is 748. The number of benzene rings is 1. The topological polar surface area (TPSA) is 83.3 Å². The molecule has 1 saturated heterocycles. The number of nitrogens with one attached hydrogen (secondary N) is 2. The first-order valence-electron chi connectivity index (χ1n) is 8.97. The molecule has 2 N–H and O–H groups in total. The largest absolute Gasteiger partial charge is 0.352 e. The number of piperazine rings is 1. The number of likely N-dealkylation sites (N-methyl/N-ethyl adjacent to an activating group) is 1. The van der Waals surface area contributed by atoms with Gasteiger partial charge in [0.1, 0.15) is 0 Å². The molecule has 0 aliphatic carbocycles. The van der Waals surface area contributed by atoms with Crippen LogP contribution in [0.15, 0.2) is 28.8 Å². The number of rotatable bonds is 4. The van der Waals surface area contributed by atoms with Crippen LogP contribution in [0, 0.1) is 5.41 Å². The average molecular weight is 357 g/mol. The zero-order valence-electron chi connectivity index (χ0n) is 15.9. The summed E-state index contributed by atoms with van der Waals surface area (Å²) in [5.41, 5.74) is 1.52. The minimum Gasteiger partial charge on any atom is -0.352 e. The Hall–Kier alpha value is -2.25. The molecule has 2 aromatic rings. The van der Waals surface area contributed by atoms with Crippen LogP contribution in [0.2, 0.25) is 0 Å². The number of carbonyl (C=O) groups is 1. The molecular weight excluding hydrogens is 330 g/mol. The average Bonchev–Trinajstić information content (AvgIpc) is 3.09. The fourth-order valence-electron chi connectivity index (χ4n) is 2.79. The molecule has 26 heavy (non-hydrogen) atoms. The molecule has 0 radical (unpaired) electrons. The van der Waals surface area contributed by atoms with Crippen LogP contribution < -0.4 is 10.6 Å². The Morgan fingerprint density at radius 2 is 2.08 bits per heavy atom. The van der Waals surface area contributed by atoms with E-state index in [4.69, 9.17) is 4.52 Å². The van der Waals surface area contributed by atoms with Gasteiger partial charge in [-0.3, -0.25) is 9.69 Å². The van der Waals surface area contributed by atoms with Gasteiger partial charge >= 0.3 is 0 Å². The third kappa shape index (κ3) is 4.28. The number of nitrogens with zero attached hydrogens (tertiary/aromatic N) is 3. The molecule has 0 spiro atoms. The third-order valence-corrected chi connectivity index (χ3v) is 4.59. The number of amides is 1. The van der Waals surface area contributed by atoms with Crippen LogP contribution in [0.1, 0.15) is 38.2 Å². The van der Waals surface area contributed by atoms with Gasteiger partial charge in [-0.15, -0.1) is 0 Å². The van der Waals surface area contributed by atoms with Gasteiger partial charge in [-0.1, -0.05) is 38.1 Å². The van der Waals surface area contributed by atoms with E-state index < -0.39 is 0 Å². The van der Waals surface area contributed by atoms with E-state index in [0.717, 1.165) is 30.8 Å². The lowest BCUT2D eigenvalue weighted by Gasteiger charge is -2.30. The summed E-state index contributed by atoms with van der Waals surface area (Å²) in [5.74, 6) is 1.26. The Kier molecular flexibility index (Phi) is 5.38. The van der Waals surface area contributed by atoms with Crippen LogP contribution in [0.25, 0.3) is 11.5 Å². The van der Waals surface area contributed by atoms with Gasteiger partial charge in [0.2, 0.25) is 5.91 Å². The summed E-state index contributed by atoms with van der Waals surface area (Å²) < 4.78 is 5.45. The molecule has 1 aliphatic rings. The van der Waals surface area contributed by atoms with E-state index in [1.165, 1.54) is 0 Å². The van der Waals surface area contributed by atoms with Gasteiger partial charge in [0.05, 0.1) is 6.04 Å². The molecular formula is C19H27N5O2. The Morgan fingerprint density at radius 1 is 1.35 bits per heavy atom. The number of aromatic nitrogens is 2. The minimum absolute atomic E-state index is 0.0355. The minimum atomic E-state index is -0.388. The molecule has 1 fully saturated rings. The maximum Gasteiger partial charge on any atom is 0.257 e. The number of hydrogen-bond acceptors (Lipinski definition) is 6. The van der Waals surface area contributed by atoms with Crippen LogP contribution in [0.4, 0.5) is 0 Å². The molecule has 1 aliphatic heterocycles. The van der Waals surface area contributed by atoms with Crippen LogP contribution in [0.3, 0.4) is 0 Å². The highest BCUT2D eigenvalue weighted by Crippen LogP contribution is 2.23. The molecule has 1 atom stereocenters. The molecule has 1 unspecified atom stereocenters. The monoisotopic (exact) mass is 357 g/mol. The smallest absolute Gasteiger partial charge is 0.257 e. The second-order valence-corrected chi connectivity index (χ2v) is 7.79. The lowest BCUT2D eigenvalue weighted by molar-refractivity contribution is -0.128. The summed E-state index contributed by atoms with van der Waals surface area (Å²) in [6, 6.07) is 7.96. The normalized spacial score (nSPS) is 18.7. The number of carbonyl (C=O) groups excluding carboxylic acids is 1. The highest BCUT2D eigenvalue weighted by atomic mass is 16.5. The zero-order chi connectivity index (χ0) is 18.7. The molecule has 1 aromatic carbocycles. The summed E-state index contributed by atoms with van der Waals surface area (Å²) in [5, 5.41) is 10.5. The molecule has 7 nitrogen and oxygen atoms in total. The van der Waals surface area contributed by atoms with Crippen molar-refractivity contribution in [2.75, 3.05) is 26.7 Å². The van der Waals surface area contributed by atoms with E-state index in [1.54, 1.807) is 0 Å². The fourth-order valence-corrected chi connectivity index (χ4v) is 2.79. The standard InChI is InChI=1S/C19H27N5O2/c1-19(2,3)18(25)21-11-13-5-7-14(8-6-13)17-22-16(23-26-17)15-12-20-9-10-24(15)4/h5-8,15,20H,9-12H2,1-4H3,(H,21,25). The summed E-state index contributed by atoms with van der Waals surface area (Å²) in [7, 11) is 2.07. The van der Waals surface area contributed by atoms with Crippen molar-refractivity contribution >= 4 is 5.91 Å². The van der Waals surface area contributed by atoms with Gasteiger partial charge in [-0.2, -0.15) is 4.98 Å². The second-order valence-electron chi connectivity index (χ2n) is 7.79. The molecule has 0 saturated carbocycles. The summed E-state index contributed by atoms with van der Waals surface area (Å²) in [6.45, 7) is 8.97.